The lowest BCUT2D eigenvalue weighted by atomic mass is 10.1. The minimum atomic E-state index is -0.364. The van der Waals surface area contributed by atoms with Crippen molar-refractivity contribution in [1.29, 1.82) is 0 Å². The second-order valence-corrected chi connectivity index (χ2v) is 7.31. The Labute approximate surface area is 193 Å². The molecule has 3 aromatic heterocycles. The first-order valence-electron chi connectivity index (χ1n) is 10.4. The Balaban J connectivity index is 1.57. The lowest BCUT2D eigenvalue weighted by Gasteiger charge is -2.09. The van der Waals surface area contributed by atoms with Crippen molar-refractivity contribution in [1.82, 2.24) is 19.7 Å². The summed E-state index contributed by atoms with van der Waals surface area (Å²) in [5.41, 5.74) is 1.78. The molecule has 34 heavy (non-hydrogen) atoms. The van der Waals surface area contributed by atoms with Gasteiger partial charge in [0.1, 0.15) is 17.3 Å². The van der Waals surface area contributed by atoms with E-state index in [9.17, 15) is 9.59 Å². The van der Waals surface area contributed by atoms with Crippen molar-refractivity contribution in [3.05, 3.63) is 101 Å². The minimum Gasteiger partial charge on any atom is -0.497 e. The second kappa shape index (κ2) is 8.91. The molecule has 0 spiro atoms. The van der Waals surface area contributed by atoms with Gasteiger partial charge in [0.2, 0.25) is 5.95 Å². The van der Waals surface area contributed by atoms with Crippen molar-refractivity contribution in [3.63, 3.8) is 0 Å². The maximum absolute atomic E-state index is 12.9. The summed E-state index contributed by atoms with van der Waals surface area (Å²) in [6.07, 6.45) is 1.53. The topological polar surface area (TPSA) is 115 Å². The lowest BCUT2D eigenvalue weighted by Crippen LogP contribution is -2.18. The van der Waals surface area contributed by atoms with Gasteiger partial charge in [-0.15, -0.1) is 0 Å². The third-order valence-electron chi connectivity index (χ3n) is 5.08. The average Bonchev–Trinajstić information content (AvgIpc) is 3.55. The number of nitrogens with one attached hydrogen (secondary N) is 2. The van der Waals surface area contributed by atoms with Crippen LogP contribution in [-0.2, 0) is 0 Å². The molecule has 9 heteroatoms. The number of rotatable bonds is 6. The van der Waals surface area contributed by atoms with Gasteiger partial charge in [0.05, 0.1) is 19.1 Å². The maximum Gasteiger partial charge on any atom is 0.256 e. The Bertz CT molecular complexity index is 1490. The number of carbonyl (C=O) groups excluding carboxylic acids is 1. The number of aromatic amines is 1. The van der Waals surface area contributed by atoms with Gasteiger partial charge in [0.15, 0.2) is 5.76 Å². The zero-order chi connectivity index (χ0) is 23.5. The zero-order valence-corrected chi connectivity index (χ0v) is 18.1. The van der Waals surface area contributed by atoms with Crippen LogP contribution in [0.25, 0.3) is 28.7 Å². The van der Waals surface area contributed by atoms with Crippen molar-refractivity contribution < 1.29 is 13.9 Å². The van der Waals surface area contributed by atoms with E-state index in [2.05, 4.69) is 20.4 Å². The quantitative estimate of drug-likeness (QED) is 0.399. The molecule has 0 unspecified atom stereocenters. The fourth-order valence-electron chi connectivity index (χ4n) is 3.41. The van der Waals surface area contributed by atoms with Gasteiger partial charge in [-0.25, -0.2) is 4.98 Å². The summed E-state index contributed by atoms with van der Waals surface area (Å²) in [6.45, 7) is 0. The smallest absolute Gasteiger partial charge is 0.256 e. The fourth-order valence-corrected chi connectivity index (χ4v) is 3.41. The van der Waals surface area contributed by atoms with Gasteiger partial charge in [-0.05, 0) is 36.4 Å². The number of benzene rings is 2. The van der Waals surface area contributed by atoms with Gasteiger partial charge < -0.3 is 14.5 Å². The number of furan rings is 1. The molecule has 0 radical (unpaired) electrons. The second-order valence-electron chi connectivity index (χ2n) is 7.31. The molecular formula is C25H19N5O4. The molecule has 5 aromatic rings. The van der Waals surface area contributed by atoms with Gasteiger partial charge in [0.25, 0.3) is 11.5 Å². The highest BCUT2D eigenvalue weighted by molar-refractivity contribution is 6.04. The van der Waals surface area contributed by atoms with Crippen LogP contribution in [0.2, 0.25) is 0 Å². The van der Waals surface area contributed by atoms with E-state index in [0.717, 1.165) is 5.56 Å². The van der Waals surface area contributed by atoms with E-state index in [1.807, 2.05) is 30.3 Å². The summed E-state index contributed by atoms with van der Waals surface area (Å²) in [5.74, 6) is 1.23. The van der Waals surface area contributed by atoms with Crippen molar-refractivity contribution >= 4 is 11.7 Å². The number of H-pyrrole nitrogens is 1. The van der Waals surface area contributed by atoms with E-state index in [0.29, 0.717) is 34.3 Å². The Hall–Kier alpha value is -4.92. The summed E-state index contributed by atoms with van der Waals surface area (Å²) in [7, 11) is 1.56. The summed E-state index contributed by atoms with van der Waals surface area (Å²) in [5, 5.41) is 7.37. The van der Waals surface area contributed by atoms with Crippen molar-refractivity contribution in [2.24, 2.45) is 0 Å². The lowest BCUT2D eigenvalue weighted by molar-refractivity contribution is 0.102. The number of hydrogen-bond acceptors (Lipinski definition) is 6. The summed E-state index contributed by atoms with van der Waals surface area (Å²) < 4.78 is 12.0. The van der Waals surface area contributed by atoms with Crippen LogP contribution >= 0.6 is 0 Å². The number of amides is 1. The van der Waals surface area contributed by atoms with Crippen LogP contribution in [-0.4, -0.2) is 32.8 Å². The summed E-state index contributed by atoms with van der Waals surface area (Å²) in [6, 6.07) is 22.6. The predicted molar refractivity (Wildman–Crippen MR) is 126 cm³/mol. The Kier molecular flexibility index (Phi) is 5.49. The molecule has 0 saturated heterocycles. The zero-order valence-electron chi connectivity index (χ0n) is 18.1. The molecule has 2 aromatic carbocycles. The number of methoxy groups -OCH3 is 1. The molecule has 0 bridgehead atoms. The number of nitrogens with zero attached hydrogens (tertiary/aromatic N) is 3. The average molecular weight is 453 g/mol. The Morgan fingerprint density at radius 1 is 1.00 bits per heavy atom. The van der Waals surface area contributed by atoms with Crippen LogP contribution < -0.4 is 15.6 Å². The van der Waals surface area contributed by atoms with Crippen LogP contribution in [0.15, 0.2) is 94.3 Å². The molecule has 0 aliphatic rings. The molecule has 0 aliphatic carbocycles. The monoisotopic (exact) mass is 453 g/mol. The first-order valence-corrected chi connectivity index (χ1v) is 10.4. The SMILES string of the molecule is COc1ccc(C(=O)Nc2cc(-c3ccco3)nn2-c2nc(-c3ccccc3)cc(=O)[nH]2)cc1. The molecular weight excluding hydrogens is 434 g/mol. The van der Waals surface area contributed by atoms with Crippen molar-refractivity contribution in [2.45, 2.75) is 0 Å². The molecule has 1 amide bonds. The van der Waals surface area contributed by atoms with Crippen LogP contribution in [0.4, 0.5) is 5.82 Å². The molecule has 168 valence electrons. The van der Waals surface area contributed by atoms with Gasteiger partial charge in [-0.2, -0.15) is 9.78 Å². The number of ether oxygens (including phenoxy) is 1. The predicted octanol–water partition coefficient (Wildman–Crippen LogP) is 4.14. The van der Waals surface area contributed by atoms with E-state index in [-0.39, 0.29) is 17.4 Å². The molecule has 0 aliphatic heterocycles. The Morgan fingerprint density at radius 2 is 1.79 bits per heavy atom. The number of aromatic nitrogens is 4. The normalized spacial score (nSPS) is 10.7. The Morgan fingerprint density at radius 3 is 2.50 bits per heavy atom. The molecule has 9 nitrogen and oxygen atoms in total. The van der Waals surface area contributed by atoms with Gasteiger partial charge in [-0.3, -0.25) is 14.6 Å². The van der Waals surface area contributed by atoms with Crippen molar-refractivity contribution in [3.8, 4) is 34.4 Å². The van der Waals surface area contributed by atoms with Gasteiger partial charge in [0, 0.05) is 23.3 Å². The molecule has 0 saturated carbocycles. The molecule has 2 N–H and O–H groups in total. The van der Waals surface area contributed by atoms with Crippen molar-refractivity contribution in [2.75, 3.05) is 12.4 Å². The van der Waals surface area contributed by atoms with Crippen LogP contribution in [0.3, 0.4) is 0 Å². The molecule has 0 atom stereocenters. The molecule has 3 heterocycles. The number of hydrogen-bond donors (Lipinski definition) is 2. The highest BCUT2D eigenvalue weighted by Gasteiger charge is 2.18. The maximum atomic E-state index is 12.9. The van der Waals surface area contributed by atoms with E-state index in [1.165, 1.54) is 17.0 Å². The van der Waals surface area contributed by atoms with Gasteiger partial charge in [-0.1, -0.05) is 30.3 Å². The van der Waals surface area contributed by atoms with Crippen LogP contribution in [0.1, 0.15) is 10.4 Å². The number of anilines is 1. The van der Waals surface area contributed by atoms with Crippen LogP contribution in [0.5, 0.6) is 5.75 Å². The van der Waals surface area contributed by atoms with Crippen LogP contribution in [0, 0.1) is 0 Å². The first kappa shape index (κ1) is 21.0. The molecule has 0 fully saturated rings. The highest BCUT2D eigenvalue weighted by Crippen LogP contribution is 2.25. The largest absolute Gasteiger partial charge is 0.497 e. The minimum absolute atomic E-state index is 0.147. The van der Waals surface area contributed by atoms with E-state index in [4.69, 9.17) is 9.15 Å². The third kappa shape index (κ3) is 4.22. The summed E-state index contributed by atoms with van der Waals surface area (Å²) >= 11 is 0. The highest BCUT2D eigenvalue weighted by atomic mass is 16.5. The number of carbonyl (C=O) groups is 1. The first-order chi connectivity index (χ1) is 16.6. The molecule has 5 rings (SSSR count). The fraction of sp³-hybridized carbons (Fsp3) is 0.0400. The van der Waals surface area contributed by atoms with E-state index < -0.39 is 0 Å². The van der Waals surface area contributed by atoms with Gasteiger partial charge >= 0.3 is 0 Å². The summed E-state index contributed by atoms with van der Waals surface area (Å²) in [4.78, 5) is 32.7. The van der Waals surface area contributed by atoms with E-state index in [1.54, 1.807) is 49.6 Å². The standard InChI is InChI=1S/C25H19N5O4/c1-33-18-11-9-17(10-12-18)24(32)27-22-14-20(21-8-5-13-34-21)29-30(22)25-26-19(15-23(31)28-25)16-6-3-2-4-7-16/h2-15H,1H3,(H,27,32)(H,26,28,31). The third-order valence-corrected chi connectivity index (χ3v) is 5.08. The van der Waals surface area contributed by atoms with E-state index >= 15 is 0 Å².